The van der Waals surface area contributed by atoms with Crippen molar-refractivity contribution >= 4 is 33.3 Å². The van der Waals surface area contributed by atoms with E-state index < -0.39 is 6.04 Å². The third-order valence-electron chi connectivity index (χ3n) is 5.56. The lowest BCUT2D eigenvalue weighted by atomic mass is 9.98. The topological polar surface area (TPSA) is 72.6 Å². The molecule has 0 saturated heterocycles. The molecule has 0 bridgehead atoms. The van der Waals surface area contributed by atoms with Gasteiger partial charge in [-0.15, -0.1) is 11.3 Å². The minimum atomic E-state index is -0.642. The average molecular weight is 445 g/mol. The molecule has 0 radical (unpaired) electrons. The van der Waals surface area contributed by atoms with Gasteiger partial charge in [-0.3, -0.25) is 14.5 Å². The molecular weight excluding hydrogens is 424 g/mol. The van der Waals surface area contributed by atoms with Crippen LogP contribution in [0.2, 0.25) is 0 Å². The van der Waals surface area contributed by atoms with E-state index in [4.69, 9.17) is 9.15 Å². The maximum absolute atomic E-state index is 13.5. The van der Waals surface area contributed by atoms with Crippen molar-refractivity contribution in [2.45, 2.75) is 19.9 Å². The third-order valence-corrected chi connectivity index (χ3v) is 6.64. The summed E-state index contributed by atoms with van der Waals surface area (Å²) in [6.07, 6.45) is 1.67. The molecule has 2 aromatic heterocycles. The molecule has 1 aliphatic heterocycles. The molecule has 0 spiro atoms. The summed E-state index contributed by atoms with van der Waals surface area (Å²) in [6, 6.07) is 13.7. The number of para-hydroxylation sites is 1. The van der Waals surface area contributed by atoms with Crippen molar-refractivity contribution in [3.05, 3.63) is 98.9 Å². The van der Waals surface area contributed by atoms with Gasteiger partial charge in [0.25, 0.3) is 5.91 Å². The Kier molecular flexibility index (Phi) is 4.90. The fourth-order valence-corrected chi connectivity index (χ4v) is 4.83. The molecule has 1 atom stereocenters. The highest BCUT2D eigenvalue weighted by atomic mass is 32.1. The Labute approximate surface area is 188 Å². The van der Waals surface area contributed by atoms with E-state index in [1.165, 1.54) is 11.3 Å². The highest BCUT2D eigenvalue weighted by Crippen LogP contribution is 2.43. The predicted octanol–water partition coefficient (Wildman–Crippen LogP) is 5.18. The molecule has 1 aliphatic rings. The van der Waals surface area contributed by atoms with E-state index in [1.807, 2.05) is 38.1 Å². The Morgan fingerprint density at radius 1 is 1.16 bits per heavy atom. The average Bonchev–Trinajstić information content (AvgIpc) is 3.29. The first-order valence-electron chi connectivity index (χ1n) is 10.2. The fraction of sp³-hybridized carbons (Fsp3) is 0.160. The predicted molar refractivity (Wildman–Crippen MR) is 125 cm³/mol. The van der Waals surface area contributed by atoms with Crippen LogP contribution in [0.15, 0.2) is 70.4 Å². The Morgan fingerprint density at radius 3 is 2.59 bits per heavy atom. The molecular formula is C25H20N2O4S. The van der Waals surface area contributed by atoms with Gasteiger partial charge in [0.2, 0.25) is 5.76 Å². The van der Waals surface area contributed by atoms with Gasteiger partial charge in [-0.25, -0.2) is 4.98 Å². The number of ether oxygens (including phenoxy) is 1. The smallest absolute Gasteiger partial charge is 0.297 e. The number of nitrogens with zero attached hydrogens (tertiary/aromatic N) is 2. The number of thiazole rings is 1. The zero-order valence-electron chi connectivity index (χ0n) is 17.6. The number of aromatic nitrogens is 1. The van der Waals surface area contributed by atoms with E-state index in [9.17, 15) is 9.59 Å². The van der Waals surface area contributed by atoms with E-state index in [-0.39, 0.29) is 17.1 Å². The summed E-state index contributed by atoms with van der Waals surface area (Å²) in [5, 5.41) is 0.986. The van der Waals surface area contributed by atoms with E-state index in [1.54, 1.807) is 35.2 Å². The number of hydrogen-bond donors (Lipinski definition) is 0. The van der Waals surface area contributed by atoms with Crippen molar-refractivity contribution in [2.75, 3.05) is 11.5 Å². The molecule has 5 rings (SSSR count). The van der Waals surface area contributed by atoms with Crippen LogP contribution in [0.25, 0.3) is 11.0 Å². The number of aryl methyl sites for hydroxylation is 2. The Morgan fingerprint density at radius 2 is 1.91 bits per heavy atom. The molecule has 160 valence electrons. The molecule has 0 N–H and O–H groups in total. The van der Waals surface area contributed by atoms with Crippen LogP contribution in [0.5, 0.6) is 5.75 Å². The second kappa shape index (κ2) is 7.76. The summed E-state index contributed by atoms with van der Waals surface area (Å²) >= 11 is 1.42. The Bertz CT molecular complexity index is 1400. The van der Waals surface area contributed by atoms with Crippen LogP contribution in [0.3, 0.4) is 0 Å². The van der Waals surface area contributed by atoms with Gasteiger partial charge in [-0.05, 0) is 43.7 Å². The number of carbonyl (C=O) groups is 1. The molecule has 4 aromatic rings. The SMILES string of the molecule is C=CCOc1ccc([C@@H]2c3c(oc4ccccc4c3=O)C(=O)N2c2nc(C)c(C)s2)cc1. The van der Waals surface area contributed by atoms with Gasteiger partial charge in [0, 0.05) is 4.88 Å². The van der Waals surface area contributed by atoms with E-state index in [0.717, 1.165) is 16.1 Å². The number of carbonyl (C=O) groups excluding carboxylic acids is 1. The van der Waals surface area contributed by atoms with Gasteiger partial charge < -0.3 is 9.15 Å². The number of hydrogen-bond acceptors (Lipinski definition) is 6. The minimum Gasteiger partial charge on any atom is -0.490 e. The standard InChI is InChI=1S/C25H20N2O4S/c1-4-13-30-17-11-9-16(10-12-17)21-20-22(28)18-7-5-6-8-19(18)31-23(20)24(29)27(21)25-26-14(2)15(3)32-25/h4-12,21H,1,13H2,2-3H3/t21-/m1/s1. The maximum Gasteiger partial charge on any atom is 0.297 e. The number of anilines is 1. The molecule has 32 heavy (non-hydrogen) atoms. The lowest BCUT2D eigenvalue weighted by Gasteiger charge is -2.22. The molecule has 0 aliphatic carbocycles. The zero-order valence-corrected chi connectivity index (χ0v) is 18.4. The second-order valence-electron chi connectivity index (χ2n) is 7.55. The summed E-state index contributed by atoms with van der Waals surface area (Å²) in [7, 11) is 0. The van der Waals surface area contributed by atoms with Crippen molar-refractivity contribution in [2.24, 2.45) is 0 Å². The van der Waals surface area contributed by atoms with Gasteiger partial charge in [-0.1, -0.05) is 36.9 Å². The number of benzene rings is 2. The van der Waals surface area contributed by atoms with Crippen molar-refractivity contribution in [1.29, 1.82) is 0 Å². The van der Waals surface area contributed by atoms with Crippen molar-refractivity contribution in [3.63, 3.8) is 0 Å². The van der Waals surface area contributed by atoms with Crippen molar-refractivity contribution < 1.29 is 13.9 Å². The van der Waals surface area contributed by atoms with E-state index >= 15 is 0 Å². The Hall–Kier alpha value is -3.71. The van der Waals surface area contributed by atoms with Crippen LogP contribution >= 0.6 is 11.3 Å². The third kappa shape index (κ3) is 3.13. The highest BCUT2D eigenvalue weighted by Gasteiger charge is 2.45. The molecule has 1 amide bonds. The maximum atomic E-state index is 13.5. The molecule has 0 fully saturated rings. The second-order valence-corrected chi connectivity index (χ2v) is 8.74. The first-order chi connectivity index (χ1) is 15.5. The fourth-order valence-electron chi connectivity index (χ4n) is 3.89. The summed E-state index contributed by atoms with van der Waals surface area (Å²) in [6.45, 7) is 7.91. The molecule has 7 heteroatoms. The van der Waals surface area contributed by atoms with Crippen LogP contribution in [0.4, 0.5) is 5.13 Å². The van der Waals surface area contributed by atoms with E-state index in [0.29, 0.717) is 34.0 Å². The van der Waals surface area contributed by atoms with Gasteiger partial charge in [0.15, 0.2) is 10.6 Å². The molecule has 2 aromatic carbocycles. The first-order valence-corrected chi connectivity index (χ1v) is 11.0. The summed E-state index contributed by atoms with van der Waals surface area (Å²) < 4.78 is 11.6. The normalized spacial score (nSPS) is 15.2. The van der Waals surface area contributed by atoms with Crippen LogP contribution in [-0.2, 0) is 0 Å². The zero-order chi connectivity index (χ0) is 22.4. The first kappa shape index (κ1) is 20.2. The summed E-state index contributed by atoms with van der Waals surface area (Å²) in [5.74, 6) is 0.376. The highest BCUT2D eigenvalue weighted by molar-refractivity contribution is 7.15. The number of fused-ring (bicyclic) bond motifs is 2. The van der Waals surface area contributed by atoms with Crippen LogP contribution in [0.1, 0.15) is 38.3 Å². The monoisotopic (exact) mass is 444 g/mol. The largest absolute Gasteiger partial charge is 0.490 e. The minimum absolute atomic E-state index is 0.0659. The van der Waals surface area contributed by atoms with Crippen LogP contribution < -0.4 is 15.1 Å². The van der Waals surface area contributed by atoms with Crippen LogP contribution in [-0.4, -0.2) is 17.5 Å². The molecule has 3 heterocycles. The van der Waals surface area contributed by atoms with Crippen molar-refractivity contribution in [3.8, 4) is 5.75 Å². The quantitative estimate of drug-likeness (QED) is 0.397. The van der Waals surface area contributed by atoms with Crippen molar-refractivity contribution in [1.82, 2.24) is 4.98 Å². The van der Waals surface area contributed by atoms with Gasteiger partial charge in [0.05, 0.1) is 22.7 Å². The lowest BCUT2D eigenvalue weighted by Crippen LogP contribution is -2.29. The summed E-state index contributed by atoms with van der Waals surface area (Å²) in [4.78, 5) is 34.2. The van der Waals surface area contributed by atoms with E-state index in [2.05, 4.69) is 11.6 Å². The number of rotatable bonds is 5. The molecule has 0 saturated carbocycles. The van der Waals surface area contributed by atoms with Gasteiger partial charge >= 0.3 is 0 Å². The molecule has 6 nitrogen and oxygen atoms in total. The molecule has 0 unspecified atom stereocenters. The van der Waals surface area contributed by atoms with Gasteiger partial charge in [0.1, 0.15) is 17.9 Å². The lowest BCUT2D eigenvalue weighted by molar-refractivity contribution is 0.0971. The summed E-state index contributed by atoms with van der Waals surface area (Å²) in [5.41, 5.74) is 2.14. The Balaban J connectivity index is 1.72. The van der Waals surface area contributed by atoms with Crippen LogP contribution in [0, 0.1) is 13.8 Å². The van der Waals surface area contributed by atoms with Gasteiger partial charge in [-0.2, -0.15) is 0 Å². The number of amides is 1.